The number of anilines is 1. The van der Waals surface area contributed by atoms with E-state index in [2.05, 4.69) is 10.1 Å². The van der Waals surface area contributed by atoms with Crippen molar-refractivity contribution in [2.75, 3.05) is 12.3 Å². The molecular formula is C16H15N3O2. The third-order valence-electron chi connectivity index (χ3n) is 3.81. The van der Waals surface area contributed by atoms with Gasteiger partial charge in [0.2, 0.25) is 5.82 Å². The van der Waals surface area contributed by atoms with E-state index in [4.69, 9.17) is 15.0 Å². The standard InChI is InChI=1S/C16H15N3O2/c17-13-9-11-5-2-1-4-10(11)8-12(13)16-18-15(19-21-16)14-6-3-7-20-14/h1-2,4-5,8-9,14H,3,6-7,17H2. The topological polar surface area (TPSA) is 74.2 Å². The molecule has 0 radical (unpaired) electrons. The largest absolute Gasteiger partial charge is 0.398 e. The van der Waals surface area contributed by atoms with Crippen LogP contribution in [0.3, 0.4) is 0 Å². The zero-order valence-electron chi connectivity index (χ0n) is 11.5. The van der Waals surface area contributed by atoms with Crippen molar-refractivity contribution in [1.29, 1.82) is 0 Å². The summed E-state index contributed by atoms with van der Waals surface area (Å²) in [5.74, 6) is 1.05. The van der Waals surface area contributed by atoms with Crippen molar-refractivity contribution in [2.45, 2.75) is 18.9 Å². The number of nitrogen functional groups attached to an aromatic ring is 1. The second kappa shape index (κ2) is 4.86. The Kier molecular flexibility index (Phi) is 2.86. The lowest BCUT2D eigenvalue weighted by atomic mass is 10.1. The van der Waals surface area contributed by atoms with Crippen molar-refractivity contribution in [3.05, 3.63) is 42.2 Å². The zero-order valence-corrected chi connectivity index (χ0v) is 11.5. The van der Waals surface area contributed by atoms with Crippen LogP contribution in [0.4, 0.5) is 5.69 Å². The van der Waals surface area contributed by atoms with Gasteiger partial charge >= 0.3 is 0 Å². The lowest BCUT2D eigenvalue weighted by Crippen LogP contribution is -1.98. The van der Waals surface area contributed by atoms with E-state index < -0.39 is 0 Å². The summed E-state index contributed by atoms with van der Waals surface area (Å²) in [5, 5.41) is 6.22. The zero-order chi connectivity index (χ0) is 14.2. The predicted octanol–water partition coefficient (Wildman–Crippen LogP) is 3.32. The van der Waals surface area contributed by atoms with Crippen LogP contribution in [0, 0.1) is 0 Å². The van der Waals surface area contributed by atoms with Crippen LogP contribution in [0.1, 0.15) is 24.8 Å². The van der Waals surface area contributed by atoms with Gasteiger partial charge in [-0.1, -0.05) is 29.4 Å². The van der Waals surface area contributed by atoms with Crippen LogP contribution in [-0.4, -0.2) is 16.7 Å². The maximum atomic E-state index is 6.12. The maximum absolute atomic E-state index is 6.12. The van der Waals surface area contributed by atoms with Crippen LogP contribution in [0.25, 0.3) is 22.2 Å². The second-order valence-electron chi connectivity index (χ2n) is 5.25. The molecule has 1 fully saturated rings. The van der Waals surface area contributed by atoms with Crippen molar-refractivity contribution in [1.82, 2.24) is 10.1 Å². The Morgan fingerprint density at radius 1 is 1.14 bits per heavy atom. The molecule has 3 aromatic rings. The molecule has 1 aliphatic rings. The Bertz CT molecular complexity index is 791. The first-order valence-corrected chi connectivity index (χ1v) is 7.05. The van der Waals surface area contributed by atoms with Crippen LogP contribution in [0.2, 0.25) is 0 Å². The molecule has 2 heterocycles. The molecule has 1 unspecified atom stereocenters. The smallest absolute Gasteiger partial charge is 0.260 e. The van der Waals surface area contributed by atoms with E-state index in [1.54, 1.807) is 0 Å². The normalized spacial score (nSPS) is 18.4. The monoisotopic (exact) mass is 281 g/mol. The van der Waals surface area contributed by atoms with Gasteiger partial charge in [0.1, 0.15) is 6.10 Å². The second-order valence-corrected chi connectivity index (χ2v) is 5.25. The molecule has 2 aromatic carbocycles. The molecule has 1 saturated heterocycles. The molecule has 5 heteroatoms. The van der Waals surface area contributed by atoms with Crippen molar-refractivity contribution in [2.24, 2.45) is 0 Å². The number of nitrogens with zero attached hydrogens (tertiary/aromatic N) is 2. The fourth-order valence-corrected chi connectivity index (χ4v) is 2.70. The highest BCUT2D eigenvalue weighted by Crippen LogP contribution is 2.32. The van der Waals surface area contributed by atoms with Gasteiger partial charge in [0.05, 0.1) is 5.56 Å². The Hall–Kier alpha value is -2.40. The Balaban J connectivity index is 1.77. The molecule has 0 bridgehead atoms. The summed E-state index contributed by atoms with van der Waals surface area (Å²) in [5.41, 5.74) is 7.53. The highest BCUT2D eigenvalue weighted by atomic mass is 16.5. The molecule has 21 heavy (non-hydrogen) atoms. The van der Waals surface area contributed by atoms with Crippen LogP contribution < -0.4 is 5.73 Å². The van der Waals surface area contributed by atoms with Gasteiger partial charge in [-0.25, -0.2) is 0 Å². The Labute approximate surface area is 121 Å². The molecule has 1 atom stereocenters. The van der Waals surface area contributed by atoms with E-state index in [0.717, 1.165) is 35.8 Å². The molecule has 0 spiro atoms. The van der Waals surface area contributed by atoms with E-state index >= 15 is 0 Å². The predicted molar refractivity (Wildman–Crippen MR) is 79.6 cm³/mol. The lowest BCUT2D eigenvalue weighted by Gasteiger charge is -2.04. The molecule has 5 nitrogen and oxygen atoms in total. The molecular weight excluding hydrogens is 266 g/mol. The molecule has 1 aromatic heterocycles. The number of hydrogen-bond donors (Lipinski definition) is 1. The number of hydrogen-bond acceptors (Lipinski definition) is 5. The van der Waals surface area contributed by atoms with Crippen LogP contribution in [0.15, 0.2) is 40.9 Å². The highest BCUT2D eigenvalue weighted by Gasteiger charge is 2.24. The molecule has 0 amide bonds. The van der Waals surface area contributed by atoms with Gasteiger partial charge in [0.15, 0.2) is 0 Å². The van der Waals surface area contributed by atoms with Crippen molar-refractivity contribution >= 4 is 16.5 Å². The molecule has 106 valence electrons. The van der Waals surface area contributed by atoms with Gasteiger partial charge in [-0.2, -0.15) is 4.98 Å². The summed E-state index contributed by atoms with van der Waals surface area (Å²) >= 11 is 0. The summed E-state index contributed by atoms with van der Waals surface area (Å²) in [6, 6.07) is 12.0. The summed E-state index contributed by atoms with van der Waals surface area (Å²) in [4.78, 5) is 4.45. The number of ether oxygens (including phenoxy) is 1. The third kappa shape index (κ3) is 2.15. The van der Waals surface area contributed by atoms with Crippen LogP contribution in [0.5, 0.6) is 0 Å². The number of benzene rings is 2. The molecule has 4 rings (SSSR count). The third-order valence-corrected chi connectivity index (χ3v) is 3.81. The van der Waals surface area contributed by atoms with Crippen molar-refractivity contribution in [3.8, 4) is 11.5 Å². The maximum Gasteiger partial charge on any atom is 0.260 e. The van der Waals surface area contributed by atoms with E-state index in [0.29, 0.717) is 17.4 Å². The summed E-state index contributed by atoms with van der Waals surface area (Å²) in [6.45, 7) is 0.757. The lowest BCUT2D eigenvalue weighted by molar-refractivity contribution is 0.103. The molecule has 2 N–H and O–H groups in total. The number of aromatic nitrogens is 2. The SMILES string of the molecule is Nc1cc2ccccc2cc1-c1nc(C2CCCO2)no1. The van der Waals surface area contributed by atoms with Crippen molar-refractivity contribution < 1.29 is 9.26 Å². The summed E-state index contributed by atoms with van der Waals surface area (Å²) in [6.07, 6.45) is 1.92. The van der Waals surface area contributed by atoms with E-state index in [-0.39, 0.29) is 6.10 Å². The van der Waals surface area contributed by atoms with Gasteiger partial charge in [-0.15, -0.1) is 0 Å². The minimum absolute atomic E-state index is 0.0517. The average molecular weight is 281 g/mol. The van der Waals surface area contributed by atoms with Crippen molar-refractivity contribution in [3.63, 3.8) is 0 Å². The molecule has 0 saturated carbocycles. The highest BCUT2D eigenvalue weighted by molar-refractivity contribution is 5.92. The van der Waals surface area contributed by atoms with E-state index in [1.165, 1.54) is 0 Å². The Morgan fingerprint density at radius 2 is 1.95 bits per heavy atom. The minimum Gasteiger partial charge on any atom is -0.398 e. The number of fused-ring (bicyclic) bond motifs is 1. The van der Waals surface area contributed by atoms with Gasteiger partial charge in [-0.3, -0.25) is 0 Å². The first-order valence-electron chi connectivity index (χ1n) is 7.05. The first kappa shape index (κ1) is 12.3. The van der Waals surface area contributed by atoms with Gasteiger partial charge in [0.25, 0.3) is 5.89 Å². The number of rotatable bonds is 2. The average Bonchev–Trinajstić information content (AvgIpc) is 3.17. The molecule has 0 aliphatic carbocycles. The summed E-state index contributed by atoms with van der Waals surface area (Å²) in [7, 11) is 0. The first-order chi connectivity index (χ1) is 10.3. The fraction of sp³-hybridized carbons (Fsp3) is 0.250. The van der Waals surface area contributed by atoms with E-state index in [1.807, 2.05) is 36.4 Å². The van der Waals surface area contributed by atoms with E-state index in [9.17, 15) is 0 Å². The van der Waals surface area contributed by atoms with Crippen LogP contribution >= 0.6 is 0 Å². The van der Waals surface area contributed by atoms with Gasteiger partial charge in [-0.05, 0) is 35.7 Å². The molecule has 1 aliphatic heterocycles. The van der Waals surface area contributed by atoms with Crippen LogP contribution in [-0.2, 0) is 4.74 Å². The number of nitrogens with two attached hydrogens (primary N) is 1. The fourth-order valence-electron chi connectivity index (χ4n) is 2.70. The minimum atomic E-state index is -0.0517. The Morgan fingerprint density at radius 3 is 2.71 bits per heavy atom. The van der Waals surface area contributed by atoms with Gasteiger partial charge < -0.3 is 15.0 Å². The quantitative estimate of drug-likeness (QED) is 0.729. The summed E-state index contributed by atoms with van der Waals surface area (Å²) < 4.78 is 10.9. The van der Waals surface area contributed by atoms with Gasteiger partial charge in [0, 0.05) is 12.3 Å².